The minimum Gasteiger partial charge on any atom is -0.455 e. The molecule has 0 amide bonds. The lowest BCUT2D eigenvalue weighted by atomic mass is 9.96. The summed E-state index contributed by atoms with van der Waals surface area (Å²) >= 11 is 0. The zero-order valence-electron chi connectivity index (χ0n) is 27.4. The van der Waals surface area contributed by atoms with Crippen molar-refractivity contribution in [2.24, 2.45) is 0 Å². The Balaban J connectivity index is 1.99. The van der Waals surface area contributed by atoms with Crippen LogP contribution in [-0.2, 0) is 9.53 Å². The Morgan fingerprint density at radius 3 is 1.42 bits per heavy atom. The van der Waals surface area contributed by atoms with Gasteiger partial charge in [0.15, 0.2) is 0 Å². The highest BCUT2D eigenvalue weighted by atomic mass is 16.5. The van der Waals surface area contributed by atoms with Gasteiger partial charge in [0.25, 0.3) is 0 Å². The molecule has 0 spiro atoms. The summed E-state index contributed by atoms with van der Waals surface area (Å²) in [7, 11) is 0. The highest BCUT2D eigenvalue weighted by Crippen LogP contribution is 2.21. The van der Waals surface area contributed by atoms with Crippen molar-refractivity contribution in [3.8, 4) is 0 Å². The molecule has 8 nitrogen and oxygen atoms in total. The molecule has 7 atom stereocenters. The van der Waals surface area contributed by atoms with Crippen LogP contribution in [0.15, 0.2) is 11.6 Å². The Kier molecular flexibility index (Phi) is 23.4. The second kappa shape index (κ2) is 25.2. The zero-order chi connectivity index (χ0) is 31.9. The molecule has 6 N–H and O–H groups in total. The summed E-state index contributed by atoms with van der Waals surface area (Å²) < 4.78 is 5.05. The summed E-state index contributed by atoms with van der Waals surface area (Å²) in [4.78, 5) is 11.6. The van der Waals surface area contributed by atoms with Crippen LogP contribution in [0.5, 0.6) is 0 Å². The van der Waals surface area contributed by atoms with Gasteiger partial charge in [-0.05, 0) is 57.9 Å². The van der Waals surface area contributed by atoms with Gasteiger partial charge in [0.1, 0.15) is 6.10 Å². The normalized spacial score (nSPS) is 19.5. The van der Waals surface area contributed by atoms with Crippen molar-refractivity contribution in [1.29, 1.82) is 0 Å². The summed E-state index contributed by atoms with van der Waals surface area (Å²) in [6, 6.07) is 0. The lowest BCUT2D eigenvalue weighted by Crippen LogP contribution is -2.31. The number of ether oxygens (including phenoxy) is 1. The van der Waals surface area contributed by atoms with Gasteiger partial charge >= 0.3 is 5.97 Å². The fourth-order valence-corrected chi connectivity index (χ4v) is 5.90. The standard InChI is InChI=1S/C35H66O8/c1-3-4-5-6-7-8-9-10-11-15-21-31(38)33(40)23-24-34(41)32(39)22-17-16-19-29(36)18-13-12-14-20-30(37)26-28-25-27(2)43-35(28)42/h25,27,29-34,36-41H,3-24,26H2,1-2H3/t27-,29-,30+,31-,32+,33+,34+/m1/s1. The number of hydrogen-bond acceptors (Lipinski definition) is 8. The van der Waals surface area contributed by atoms with Crippen LogP contribution in [-0.4, -0.2) is 79.3 Å². The number of cyclic esters (lactones) is 1. The van der Waals surface area contributed by atoms with E-state index in [2.05, 4.69) is 6.92 Å². The average molecular weight is 615 g/mol. The third kappa shape index (κ3) is 20.6. The first-order valence-corrected chi connectivity index (χ1v) is 17.6. The Morgan fingerprint density at radius 2 is 0.930 bits per heavy atom. The van der Waals surface area contributed by atoms with Crippen LogP contribution in [0.25, 0.3) is 0 Å². The molecule has 0 aromatic rings. The number of aliphatic hydroxyl groups is 6. The van der Waals surface area contributed by atoms with Crippen LogP contribution in [0.4, 0.5) is 0 Å². The maximum atomic E-state index is 11.6. The Hall–Kier alpha value is -1.03. The number of carbonyl (C=O) groups excluding carboxylic acids is 1. The van der Waals surface area contributed by atoms with Crippen LogP contribution >= 0.6 is 0 Å². The Morgan fingerprint density at radius 1 is 0.558 bits per heavy atom. The van der Waals surface area contributed by atoms with Gasteiger partial charge in [0.05, 0.1) is 36.6 Å². The van der Waals surface area contributed by atoms with E-state index in [1.807, 2.05) is 0 Å². The smallest absolute Gasteiger partial charge is 0.334 e. The molecule has 0 saturated heterocycles. The van der Waals surface area contributed by atoms with Crippen LogP contribution in [0.3, 0.4) is 0 Å². The van der Waals surface area contributed by atoms with Crippen molar-refractivity contribution in [3.63, 3.8) is 0 Å². The van der Waals surface area contributed by atoms with Crippen molar-refractivity contribution in [3.05, 3.63) is 11.6 Å². The van der Waals surface area contributed by atoms with E-state index in [9.17, 15) is 35.4 Å². The van der Waals surface area contributed by atoms with Crippen molar-refractivity contribution in [2.75, 3.05) is 0 Å². The van der Waals surface area contributed by atoms with Crippen molar-refractivity contribution < 1.29 is 40.2 Å². The number of rotatable bonds is 29. The van der Waals surface area contributed by atoms with E-state index in [-0.39, 0.29) is 24.9 Å². The quantitative estimate of drug-likeness (QED) is 0.0443. The molecule has 0 bridgehead atoms. The Bertz CT molecular complexity index is 714. The molecular formula is C35H66O8. The van der Waals surface area contributed by atoms with Gasteiger partial charge in [-0.3, -0.25) is 0 Å². The largest absolute Gasteiger partial charge is 0.455 e. The van der Waals surface area contributed by atoms with Crippen LogP contribution < -0.4 is 0 Å². The summed E-state index contributed by atoms with van der Waals surface area (Å²) in [6.07, 6.45) is 17.2. The topological polar surface area (TPSA) is 148 Å². The second-order valence-electron chi connectivity index (χ2n) is 13.1. The lowest BCUT2D eigenvalue weighted by Gasteiger charge is -2.22. The van der Waals surface area contributed by atoms with Gasteiger partial charge in [-0.2, -0.15) is 0 Å². The molecular weight excluding hydrogens is 548 g/mol. The summed E-state index contributed by atoms with van der Waals surface area (Å²) in [5.41, 5.74) is 0.555. The van der Waals surface area contributed by atoms with Crippen molar-refractivity contribution in [2.45, 2.75) is 204 Å². The average Bonchev–Trinajstić information content (AvgIpc) is 3.29. The molecule has 0 aliphatic carbocycles. The zero-order valence-corrected chi connectivity index (χ0v) is 27.4. The molecule has 0 aromatic carbocycles. The van der Waals surface area contributed by atoms with Gasteiger partial charge in [0, 0.05) is 12.0 Å². The van der Waals surface area contributed by atoms with Crippen molar-refractivity contribution in [1.82, 2.24) is 0 Å². The van der Waals surface area contributed by atoms with Crippen molar-refractivity contribution >= 4 is 5.97 Å². The first-order chi connectivity index (χ1) is 20.6. The fourth-order valence-electron chi connectivity index (χ4n) is 5.90. The molecule has 1 rings (SSSR count). The molecule has 1 heterocycles. The molecule has 8 heteroatoms. The number of esters is 1. The van der Waals surface area contributed by atoms with E-state index in [1.54, 1.807) is 13.0 Å². The number of carbonyl (C=O) groups is 1. The maximum Gasteiger partial charge on any atom is 0.334 e. The van der Waals surface area contributed by atoms with E-state index >= 15 is 0 Å². The van der Waals surface area contributed by atoms with E-state index in [1.165, 1.54) is 51.4 Å². The lowest BCUT2D eigenvalue weighted by molar-refractivity contribution is -0.139. The molecule has 0 aromatic heterocycles. The molecule has 0 unspecified atom stereocenters. The van der Waals surface area contributed by atoms with E-state index in [4.69, 9.17) is 4.74 Å². The van der Waals surface area contributed by atoms with Crippen LogP contribution in [0.2, 0.25) is 0 Å². The predicted octanol–water partition coefficient (Wildman–Crippen LogP) is 6.02. The number of unbranched alkanes of at least 4 members (excludes halogenated alkanes) is 12. The molecule has 1 aliphatic heterocycles. The van der Waals surface area contributed by atoms with Gasteiger partial charge in [-0.25, -0.2) is 4.79 Å². The summed E-state index contributed by atoms with van der Waals surface area (Å²) in [6.45, 7) is 4.03. The third-order valence-corrected chi connectivity index (χ3v) is 8.81. The Labute approximate surface area is 261 Å². The minimum absolute atomic E-state index is 0.215. The van der Waals surface area contributed by atoms with E-state index in [0.717, 1.165) is 38.5 Å². The molecule has 0 saturated carbocycles. The molecule has 254 valence electrons. The van der Waals surface area contributed by atoms with Crippen LogP contribution in [0, 0.1) is 0 Å². The number of hydrogen-bond donors (Lipinski definition) is 6. The first kappa shape index (κ1) is 40.0. The van der Waals surface area contributed by atoms with E-state index in [0.29, 0.717) is 50.5 Å². The van der Waals surface area contributed by atoms with E-state index < -0.39 is 36.6 Å². The second-order valence-corrected chi connectivity index (χ2v) is 13.1. The SMILES string of the molecule is CCCCCCCCCCCC[C@@H](O)[C@@H](O)CC[C@H](O)[C@@H](O)CCCC[C@H](O)CCCCC[C@H](O)CC1=C[C@@H](C)OC1=O. The highest BCUT2D eigenvalue weighted by molar-refractivity contribution is 5.90. The monoisotopic (exact) mass is 614 g/mol. The minimum atomic E-state index is -0.932. The molecule has 43 heavy (non-hydrogen) atoms. The highest BCUT2D eigenvalue weighted by Gasteiger charge is 2.24. The predicted molar refractivity (Wildman–Crippen MR) is 172 cm³/mol. The first-order valence-electron chi connectivity index (χ1n) is 17.6. The van der Waals surface area contributed by atoms with Crippen LogP contribution in [0.1, 0.15) is 162 Å². The summed E-state index contributed by atoms with van der Waals surface area (Å²) in [5, 5.41) is 61.5. The summed E-state index contributed by atoms with van der Waals surface area (Å²) in [5.74, 6) is -0.333. The number of aliphatic hydroxyl groups excluding tert-OH is 6. The van der Waals surface area contributed by atoms with Gasteiger partial charge < -0.3 is 35.4 Å². The third-order valence-electron chi connectivity index (χ3n) is 8.81. The maximum absolute atomic E-state index is 11.6. The fraction of sp³-hybridized carbons (Fsp3) is 0.914. The molecule has 0 radical (unpaired) electrons. The molecule has 0 fully saturated rings. The van der Waals surface area contributed by atoms with Gasteiger partial charge in [-0.1, -0.05) is 103 Å². The van der Waals surface area contributed by atoms with Gasteiger partial charge in [-0.15, -0.1) is 0 Å². The van der Waals surface area contributed by atoms with Gasteiger partial charge in [0.2, 0.25) is 0 Å². The molecule has 1 aliphatic rings.